The molecule has 9 heteroatoms. The van der Waals surface area contributed by atoms with Gasteiger partial charge in [0.05, 0.1) is 29.5 Å². The number of anilines is 1. The summed E-state index contributed by atoms with van der Waals surface area (Å²) in [7, 11) is 0. The van der Waals surface area contributed by atoms with E-state index in [0.717, 1.165) is 54.8 Å². The van der Waals surface area contributed by atoms with Crippen molar-refractivity contribution in [2.45, 2.75) is 6.54 Å². The first-order valence-corrected chi connectivity index (χ1v) is 11.8. The van der Waals surface area contributed by atoms with Crippen molar-refractivity contribution in [1.82, 2.24) is 19.7 Å². The van der Waals surface area contributed by atoms with Crippen molar-refractivity contribution in [3.8, 4) is 16.3 Å². The fourth-order valence-electron chi connectivity index (χ4n) is 3.44. The zero-order valence-corrected chi connectivity index (χ0v) is 18.4. The number of para-hydroxylation sites is 1. The number of hydrogen-bond acceptors (Lipinski definition) is 7. The van der Waals surface area contributed by atoms with Gasteiger partial charge in [0.25, 0.3) is 5.91 Å². The molecule has 0 spiro atoms. The molecule has 4 heterocycles. The Morgan fingerprint density at radius 2 is 1.94 bits per heavy atom. The van der Waals surface area contributed by atoms with Gasteiger partial charge in [-0.1, -0.05) is 24.3 Å². The number of ether oxygens (including phenoxy) is 1. The number of benzene rings is 1. The Labute approximate surface area is 187 Å². The molecule has 1 aliphatic heterocycles. The van der Waals surface area contributed by atoms with E-state index in [0.29, 0.717) is 10.8 Å². The summed E-state index contributed by atoms with van der Waals surface area (Å²) in [6, 6.07) is 15.5. The number of nitrogens with one attached hydrogen (secondary N) is 1. The normalized spacial score (nSPS) is 14.6. The van der Waals surface area contributed by atoms with Crippen molar-refractivity contribution < 1.29 is 9.53 Å². The highest BCUT2D eigenvalue weighted by Crippen LogP contribution is 2.26. The van der Waals surface area contributed by atoms with Crippen molar-refractivity contribution >= 4 is 33.7 Å². The quantitative estimate of drug-likeness (QED) is 0.477. The van der Waals surface area contributed by atoms with Gasteiger partial charge < -0.3 is 4.74 Å². The van der Waals surface area contributed by atoms with Gasteiger partial charge in [-0.3, -0.25) is 15.0 Å². The van der Waals surface area contributed by atoms with E-state index in [1.54, 1.807) is 16.0 Å². The Morgan fingerprint density at radius 3 is 2.71 bits per heavy atom. The number of thiazole rings is 1. The van der Waals surface area contributed by atoms with Gasteiger partial charge in [0.15, 0.2) is 5.13 Å². The summed E-state index contributed by atoms with van der Waals surface area (Å²) in [6.07, 6.45) is 0. The second-order valence-corrected chi connectivity index (χ2v) is 8.93. The lowest BCUT2D eigenvalue weighted by atomic mass is 10.3. The summed E-state index contributed by atoms with van der Waals surface area (Å²) in [5.41, 5.74) is 3.04. The van der Waals surface area contributed by atoms with Crippen LogP contribution in [0, 0.1) is 0 Å². The van der Waals surface area contributed by atoms with Gasteiger partial charge in [-0.05, 0) is 29.6 Å². The Bertz CT molecular complexity index is 1150. The molecule has 1 N–H and O–H groups in total. The minimum Gasteiger partial charge on any atom is -0.379 e. The van der Waals surface area contributed by atoms with Gasteiger partial charge in [-0.2, -0.15) is 5.10 Å². The van der Waals surface area contributed by atoms with Crippen molar-refractivity contribution in [2.75, 3.05) is 31.6 Å². The van der Waals surface area contributed by atoms with E-state index in [9.17, 15) is 4.79 Å². The highest BCUT2D eigenvalue weighted by atomic mass is 32.1. The Morgan fingerprint density at radius 1 is 1.10 bits per heavy atom. The molecule has 7 nitrogen and oxygen atoms in total. The molecule has 0 radical (unpaired) electrons. The molecule has 1 aliphatic rings. The topological polar surface area (TPSA) is 72.3 Å². The van der Waals surface area contributed by atoms with E-state index < -0.39 is 0 Å². The maximum absolute atomic E-state index is 13.2. The molecular formula is C22H21N5O2S2. The summed E-state index contributed by atoms with van der Waals surface area (Å²) in [5, 5.41) is 12.2. The lowest BCUT2D eigenvalue weighted by molar-refractivity contribution is 0.0337. The van der Waals surface area contributed by atoms with Gasteiger partial charge in [-0.25, -0.2) is 9.67 Å². The highest BCUT2D eigenvalue weighted by molar-refractivity contribution is 7.14. The third kappa shape index (κ3) is 4.59. The standard InChI is InChI=1S/C22H21N5O2S2/c28-21(24-22-23-16(15-31-22)14-26-8-10-29-11-9-26)19-13-18(20-7-4-12-30-20)25-27(19)17-5-2-1-3-6-17/h1-7,12-13,15H,8-11,14H2,(H,23,24,28). The van der Waals surface area contributed by atoms with Gasteiger partial charge in [0.1, 0.15) is 11.4 Å². The van der Waals surface area contributed by atoms with Crippen LogP contribution >= 0.6 is 22.7 Å². The van der Waals surface area contributed by atoms with Gasteiger partial charge >= 0.3 is 0 Å². The number of hydrogen-bond donors (Lipinski definition) is 1. The highest BCUT2D eigenvalue weighted by Gasteiger charge is 2.20. The summed E-state index contributed by atoms with van der Waals surface area (Å²) in [6.45, 7) is 4.08. The molecule has 0 bridgehead atoms. The predicted octanol–water partition coefficient (Wildman–Crippen LogP) is 4.14. The van der Waals surface area contributed by atoms with Crippen molar-refractivity contribution in [3.05, 3.63) is 70.7 Å². The molecular weight excluding hydrogens is 430 g/mol. The molecule has 0 saturated carbocycles. The number of carbonyl (C=O) groups excluding carboxylic acids is 1. The van der Waals surface area contributed by atoms with Crippen LogP contribution in [0.4, 0.5) is 5.13 Å². The smallest absolute Gasteiger partial charge is 0.276 e. The molecule has 0 aliphatic carbocycles. The molecule has 3 aromatic heterocycles. The van der Waals surface area contributed by atoms with Gasteiger partial charge in [-0.15, -0.1) is 22.7 Å². The lowest BCUT2D eigenvalue weighted by Gasteiger charge is -2.25. The van der Waals surface area contributed by atoms with E-state index in [2.05, 4.69) is 15.2 Å². The zero-order valence-electron chi connectivity index (χ0n) is 16.7. The molecule has 5 rings (SSSR count). The van der Waals surface area contributed by atoms with Crippen LogP contribution < -0.4 is 5.32 Å². The van der Waals surface area contributed by atoms with E-state index in [4.69, 9.17) is 9.84 Å². The van der Waals surface area contributed by atoms with Crippen LogP contribution in [-0.2, 0) is 11.3 Å². The molecule has 1 aromatic carbocycles. The summed E-state index contributed by atoms with van der Waals surface area (Å²) >= 11 is 3.04. The third-order valence-corrected chi connectivity index (χ3v) is 6.68. The lowest BCUT2D eigenvalue weighted by Crippen LogP contribution is -2.35. The summed E-state index contributed by atoms with van der Waals surface area (Å²) in [5.74, 6) is -0.230. The number of morpholine rings is 1. The second kappa shape index (κ2) is 9.11. The Balaban J connectivity index is 1.37. The van der Waals surface area contributed by atoms with Crippen LogP contribution in [0.2, 0.25) is 0 Å². The Kier molecular flexibility index (Phi) is 5.90. The first-order chi connectivity index (χ1) is 15.3. The summed E-state index contributed by atoms with van der Waals surface area (Å²) < 4.78 is 7.08. The predicted molar refractivity (Wildman–Crippen MR) is 123 cm³/mol. The molecule has 0 atom stereocenters. The minimum atomic E-state index is -0.230. The van der Waals surface area contributed by atoms with Crippen LogP contribution in [0.15, 0.2) is 59.3 Å². The SMILES string of the molecule is O=C(Nc1nc(CN2CCOCC2)cs1)c1cc(-c2cccs2)nn1-c1ccccc1. The number of rotatable bonds is 6. The number of thiophene rings is 1. The van der Waals surface area contributed by atoms with E-state index in [1.165, 1.54) is 11.3 Å². The summed E-state index contributed by atoms with van der Waals surface area (Å²) in [4.78, 5) is 21.1. The monoisotopic (exact) mass is 451 g/mol. The second-order valence-electron chi connectivity index (χ2n) is 7.13. The minimum absolute atomic E-state index is 0.230. The number of amides is 1. The van der Waals surface area contributed by atoms with Crippen molar-refractivity contribution in [1.29, 1.82) is 0 Å². The van der Waals surface area contributed by atoms with Gasteiger partial charge in [0, 0.05) is 25.0 Å². The molecule has 0 unspecified atom stereocenters. The van der Waals surface area contributed by atoms with Crippen molar-refractivity contribution in [2.24, 2.45) is 0 Å². The third-order valence-electron chi connectivity index (χ3n) is 4.98. The fraction of sp³-hybridized carbons (Fsp3) is 0.227. The van der Waals surface area contributed by atoms with E-state index >= 15 is 0 Å². The van der Waals surface area contributed by atoms with Crippen LogP contribution in [0.25, 0.3) is 16.3 Å². The largest absolute Gasteiger partial charge is 0.379 e. The van der Waals surface area contributed by atoms with Crippen LogP contribution in [0.3, 0.4) is 0 Å². The number of aromatic nitrogens is 3. The molecule has 1 amide bonds. The molecule has 1 saturated heterocycles. The first-order valence-electron chi connectivity index (χ1n) is 10.0. The fourth-order valence-corrected chi connectivity index (χ4v) is 4.82. The van der Waals surface area contributed by atoms with Crippen LogP contribution in [0.1, 0.15) is 16.2 Å². The average Bonchev–Trinajstić information content (AvgIpc) is 3.56. The molecule has 1 fully saturated rings. The Hall–Kier alpha value is -2.85. The molecule has 4 aromatic rings. The van der Waals surface area contributed by atoms with E-state index in [1.807, 2.05) is 59.3 Å². The van der Waals surface area contributed by atoms with Gasteiger partial charge in [0.2, 0.25) is 0 Å². The maximum Gasteiger partial charge on any atom is 0.276 e. The first kappa shape index (κ1) is 20.1. The molecule has 31 heavy (non-hydrogen) atoms. The van der Waals surface area contributed by atoms with Crippen LogP contribution in [-0.4, -0.2) is 51.9 Å². The van der Waals surface area contributed by atoms with Crippen molar-refractivity contribution in [3.63, 3.8) is 0 Å². The average molecular weight is 452 g/mol. The van der Waals surface area contributed by atoms with Crippen LogP contribution in [0.5, 0.6) is 0 Å². The maximum atomic E-state index is 13.2. The molecule has 158 valence electrons. The zero-order chi connectivity index (χ0) is 21.0. The number of carbonyl (C=O) groups is 1. The number of nitrogens with zero attached hydrogens (tertiary/aromatic N) is 4. The van der Waals surface area contributed by atoms with E-state index in [-0.39, 0.29) is 5.91 Å².